The van der Waals surface area contributed by atoms with Crippen LogP contribution in [0.3, 0.4) is 0 Å². The summed E-state index contributed by atoms with van der Waals surface area (Å²) < 4.78 is 11.1. The molecule has 1 rings (SSSR count). The lowest BCUT2D eigenvalue weighted by Crippen LogP contribution is -2.60. The molecule has 0 radical (unpaired) electrons. The van der Waals surface area contributed by atoms with Crippen molar-refractivity contribution in [1.82, 2.24) is 10.6 Å². The summed E-state index contributed by atoms with van der Waals surface area (Å²) in [6.07, 6.45) is 22.0. The maximum atomic E-state index is 13.0. The van der Waals surface area contributed by atoms with Crippen LogP contribution in [0.1, 0.15) is 194 Å². The molecule has 11 nitrogen and oxygen atoms in total. The molecule has 0 aromatic heterocycles. The molecule has 0 aromatic carbocycles. The molecule has 8 N–H and O–H groups in total. The molecule has 0 bridgehead atoms. The zero-order valence-corrected chi connectivity index (χ0v) is 34.7. The zero-order chi connectivity index (χ0) is 39.7. The van der Waals surface area contributed by atoms with Gasteiger partial charge in [-0.3, -0.25) is 4.79 Å². The van der Waals surface area contributed by atoms with E-state index in [1.807, 2.05) is 0 Å². The Kier molecular flexibility index (Phi) is 33.4. The second-order valence-electron chi connectivity index (χ2n) is 16.0. The quantitative estimate of drug-likeness (QED) is 0.0320. The Morgan fingerprint density at radius 2 is 1.06 bits per heavy atom. The first-order chi connectivity index (χ1) is 26.3. The van der Waals surface area contributed by atoms with E-state index in [2.05, 4.69) is 24.5 Å². The molecule has 54 heavy (non-hydrogen) atoms. The molecular weight excluding hydrogens is 688 g/mol. The Morgan fingerprint density at radius 3 is 1.54 bits per heavy atom. The molecule has 11 heteroatoms. The van der Waals surface area contributed by atoms with Crippen LogP contribution in [-0.4, -0.2) is 112 Å². The van der Waals surface area contributed by atoms with Gasteiger partial charge >= 0.3 is 0 Å². The van der Waals surface area contributed by atoms with Gasteiger partial charge < -0.3 is 50.7 Å². The van der Waals surface area contributed by atoms with Crippen LogP contribution in [0, 0.1) is 0 Å². The van der Waals surface area contributed by atoms with E-state index in [1.54, 1.807) is 0 Å². The summed E-state index contributed by atoms with van der Waals surface area (Å²) in [5, 5.41) is 68.6. The van der Waals surface area contributed by atoms with Crippen molar-refractivity contribution in [2.24, 2.45) is 0 Å². The summed E-state index contributed by atoms with van der Waals surface area (Å²) in [5.74, 6) is -0.261. The number of unbranched alkanes of at least 4 members (excludes halogenated alkanes) is 23. The van der Waals surface area contributed by atoms with E-state index in [9.17, 15) is 35.4 Å². The van der Waals surface area contributed by atoms with Crippen LogP contribution in [0.15, 0.2) is 0 Å². The number of rotatable bonds is 38. The number of ether oxygens (including phenoxy) is 2. The van der Waals surface area contributed by atoms with Gasteiger partial charge in [0.2, 0.25) is 5.91 Å². The third kappa shape index (κ3) is 25.4. The van der Waals surface area contributed by atoms with E-state index in [1.165, 1.54) is 116 Å². The van der Waals surface area contributed by atoms with E-state index in [-0.39, 0.29) is 18.9 Å². The number of aliphatic hydroxyl groups excluding tert-OH is 6. The van der Waals surface area contributed by atoms with Gasteiger partial charge in [-0.1, -0.05) is 162 Å². The molecular formula is C43H86N2O9. The number of hydrogen-bond donors (Lipinski definition) is 8. The van der Waals surface area contributed by atoms with E-state index in [0.29, 0.717) is 12.8 Å². The maximum absolute atomic E-state index is 13.0. The molecule has 1 amide bonds. The molecule has 322 valence electrons. The first kappa shape index (κ1) is 51.1. The summed E-state index contributed by atoms with van der Waals surface area (Å²) >= 11 is 0. The van der Waals surface area contributed by atoms with Crippen LogP contribution in [0.4, 0.5) is 0 Å². The summed E-state index contributed by atoms with van der Waals surface area (Å²) in [5.41, 5.74) is 0. The largest absolute Gasteiger partial charge is 0.394 e. The topological polar surface area (TPSA) is 181 Å². The molecule has 8 atom stereocenters. The highest BCUT2D eigenvalue weighted by Crippen LogP contribution is 2.23. The van der Waals surface area contributed by atoms with Crippen LogP contribution in [0.25, 0.3) is 0 Å². The molecule has 0 saturated carbocycles. The SMILES string of the molecule is CCCCCCCCCCCCCCC(O)C(O)C(CO[C@H]1O[C@H](CO)[C@H](O)[C@H](O)[C@H]1O)NC(=O)CCCCCCCCCCCNCCCCCCC. The number of aliphatic hydroxyl groups is 6. The highest BCUT2D eigenvalue weighted by Gasteiger charge is 2.44. The van der Waals surface area contributed by atoms with Gasteiger partial charge in [0.1, 0.15) is 30.5 Å². The van der Waals surface area contributed by atoms with Crippen molar-refractivity contribution in [3.8, 4) is 0 Å². The number of amides is 1. The normalized spacial score (nSPS) is 22.0. The highest BCUT2D eigenvalue weighted by atomic mass is 16.7. The Morgan fingerprint density at radius 1 is 0.611 bits per heavy atom. The van der Waals surface area contributed by atoms with Gasteiger partial charge in [0.25, 0.3) is 0 Å². The molecule has 1 aliphatic rings. The fourth-order valence-electron chi connectivity index (χ4n) is 7.29. The summed E-state index contributed by atoms with van der Waals surface area (Å²) in [6, 6.07) is -0.988. The lowest BCUT2D eigenvalue weighted by atomic mass is 9.98. The molecule has 0 aliphatic carbocycles. The van der Waals surface area contributed by atoms with Crippen LogP contribution in [0.2, 0.25) is 0 Å². The molecule has 1 aliphatic heterocycles. The van der Waals surface area contributed by atoms with Gasteiger partial charge in [0.15, 0.2) is 6.29 Å². The number of nitrogens with one attached hydrogen (secondary N) is 2. The Labute approximate surface area is 329 Å². The Balaban J connectivity index is 2.38. The fraction of sp³-hybridized carbons (Fsp3) is 0.977. The molecule has 1 fully saturated rings. The van der Waals surface area contributed by atoms with E-state index < -0.39 is 55.6 Å². The minimum Gasteiger partial charge on any atom is -0.394 e. The first-order valence-electron chi connectivity index (χ1n) is 22.5. The molecule has 0 aromatic rings. The lowest BCUT2D eigenvalue weighted by Gasteiger charge is -2.40. The second-order valence-corrected chi connectivity index (χ2v) is 16.0. The van der Waals surface area contributed by atoms with Crippen molar-refractivity contribution in [3.63, 3.8) is 0 Å². The third-order valence-corrected chi connectivity index (χ3v) is 11.0. The van der Waals surface area contributed by atoms with Gasteiger partial charge in [-0.25, -0.2) is 0 Å². The lowest BCUT2D eigenvalue weighted by molar-refractivity contribution is -0.303. The second kappa shape index (κ2) is 35.3. The van der Waals surface area contributed by atoms with Crippen molar-refractivity contribution in [2.45, 2.75) is 243 Å². The molecule has 3 unspecified atom stereocenters. The number of hydrogen-bond acceptors (Lipinski definition) is 10. The number of carbonyl (C=O) groups is 1. The summed E-state index contributed by atoms with van der Waals surface area (Å²) in [6.45, 7) is 5.84. The summed E-state index contributed by atoms with van der Waals surface area (Å²) in [7, 11) is 0. The average molecular weight is 775 g/mol. The van der Waals surface area contributed by atoms with Crippen molar-refractivity contribution in [3.05, 3.63) is 0 Å². The van der Waals surface area contributed by atoms with Crippen molar-refractivity contribution in [2.75, 3.05) is 26.3 Å². The minimum atomic E-state index is -1.60. The predicted molar refractivity (Wildman–Crippen MR) is 217 cm³/mol. The van der Waals surface area contributed by atoms with Crippen LogP contribution < -0.4 is 10.6 Å². The van der Waals surface area contributed by atoms with Gasteiger partial charge in [0, 0.05) is 6.42 Å². The van der Waals surface area contributed by atoms with Gasteiger partial charge in [-0.2, -0.15) is 0 Å². The highest BCUT2D eigenvalue weighted by molar-refractivity contribution is 5.76. The summed E-state index contributed by atoms with van der Waals surface area (Å²) in [4.78, 5) is 13.0. The van der Waals surface area contributed by atoms with Crippen molar-refractivity contribution in [1.29, 1.82) is 0 Å². The Bertz CT molecular complexity index is 839. The number of carbonyl (C=O) groups excluding carboxylic acids is 1. The fourth-order valence-corrected chi connectivity index (χ4v) is 7.29. The zero-order valence-electron chi connectivity index (χ0n) is 34.7. The first-order valence-corrected chi connectivity index (χ1v) is 22.5. The minimum absolute atomic E-state index is 0.261. The van der Waals surface area contributed by atoms with Crippen LogP contribution in [0.5, 0.6) is 0 Å². The van der Waals surface area contributed by atoms with Crippen molar-refractivity contribution >= 4 is 5.91 Å². The maximum Gasteiger partial charge on any atom is 0.220 e. The van der Waals surface area contributed by atoms with E-state index >= 15 is 0 Å². The average Bonchev–Trinajstić information content (AvgIpc) is 3.17. The van der Waals surface area contributed by atoms with Crippen LogP contribution in [-0.2, 0) is 14.3 Å². The third-order valence-electron chi connectivity index (χ3n) is 11.0. The van der Waals surface area contributed by atoms with Crippen LogP contribution >= 0.6 is 0 Å². The van der Waals surface area contributed by atoms with Gasteiger partial charge in [-0.05, 0) is 38.8 Å². The van der Waals surface area contributed by atoms with E-state index in [0.717, 1.165) is 58.0 Å². The van der Waals surface area contributed by atoms with E-state index in [4.69, 9.17) is 9.47 Å². The van der Waals surface area contributed by atoms with Gasteiger partial charge in [-0.15, -0.1) is 0 Å². The smallest absolute Gasteiger partial charge is 0.220 e. The van der Waals surface area contributed by atoms with Crippen molar-refractivity contribution < 1.29 is 44.9 Å². The van der Waals surface area contributed by atoms with Gasteiger partial charge in [0.05, 0.1) is 25.4 Å². The predicted octanol–water partition coefficient (Wildman–Crippen LogP) is 6.56. The standard InChI is InChI=1S/C43H86N2O9/c1-3-5-7-9-10-11-12-13-15-18-21-25-29-36(47)39(49)35(34-53-43-42(52)41(51)40(50)37(33-46)54-43)45-38(48)30-26-22-19-16-14-17-20-24-28-32-44-31-27-23-8-6-4-2/h35-37,39-44,46-47,49-52H,3-34H2,1-2H3,(H,45,48)/t35?,36?,37-,39?,40+,41+,42-,43+/m1/s1. The molecule has 1 heterocycles. The monoisotopic (exact) mass is 775 g/mol. The molecule has 0 spiro atoms. The Hall–Kier alpha value is -0.890. The molecule has 1 saturated heterocycles.